The lowest BCUT2D eigenvalue weighted by molar-refractivity contribution is -0.128. The summed E-state index contributed by atoms with van der Waals surface area (Å²) in [6, 6.07) is 8.58. The van der Waals surface area contributed by atoms with Crippen LogP contribution in [0.5, 0.6) is 0 Å². The molecule has 3 N–H and O–H groups in total. The molecule has 0 bridgehead atoms. The Balaban J connectivity index is 0.00000242. The van der Waals surface area contributed by atoms with E-state index in [2.05, 4.69) is 36.5 Å². The summed E-state index contributed by atoms with van der Waals surface area (Å²) in [4.78, 5) is 12.9. The number of aryl methyl sites for hydroxylation is 1. The Morgan fingerprint density at radius 1 is 1.32 bits per heavy atom. The van der Waals surface area contributed by atoms with Crippen molar-refractivity contribution in [1.82, 2.24) is 5.32 Å². The van der Waals surface area contributed by atoms with E-state index in [9.17, 15) is 4.79 Å². The van der Waals surface area contributed by atoms with E-state index < -0.39 is 0 Å². The molecule has 1 saturated carbocycles. The van der Waals surface area contributed by atoms with Crippen LogP contribution < -0.4 is 11.1 Å². The van der Waals surface area contributed by atoms with Gasteiger partial charge in [-0.15, -0.1) is 12.4 Å². The molecule has 1 aliphatic carbocycles. The predicted molar refractivity (Wildman–Crippen MR) is 94.5 cm³/mol. The van der Waals surface area contributed by atoms with Gasteiger partial charge in [0, 0.05) is 12.6 Å². The zero-order valence-corrected chi connectivity index (χ0v) is 14.5. The van der Waals surface area contributed by atoms with Gasteiger partial charge in [0.25, 0.3) is 0 Å². The van der Waals surface area contributed by atoms with Crippen LogP contribution in [0.25, 0.3) is 0 Å². The van der Waals surface area contributed by atoms with Crippen LogP contribution in [0.3, 0.4) is 0 Å². The third kappa shape index (κ3) is 4.47. The minimum absolute atomic E-state index is 0. The Hall–Kier alpha value is -1.06. The number of carbonyl (C=O) groups is 1. The molecule has 1 aromatic carbocycles. The minimum atomic E-state index is -0.331. The summed E-state index contributed by atoms with van der Waals surface area (Å²) in [5.41, 5.74) is 7.84. The molecule has 1 aromatic rings. The highest BCUT2D eigenvalue weighted by Crippen LogP contribution is 2.40. The van der Waals surface area contributed by atoms with E-state index in [1.54, 1.807) is 0 Å². The highest BCUT2D eigenvalue weighted by molar-refractivity contribution is 5.88. The zero-order valence-electron chi connectivity index (χ0n) is 13.7. The molecular formula is C18H29ClN2O. The van der Waals surface area contributed by atoms with Crippen molar-refractivity contribution in [2.45, 2.75) is 63.8 Å². The first-order valence-corrected chi connectivity index (χ1v) is 8.16. The predicted octanol–water partition coefficient (Wildman–Crippen LogP) is 3.47. The Morgan fingerprint density at radius 2 is 2.00 bits per heavy atom. The first kappa shape index (κ1) is 19.0. The Morgan fingerprint density at radius 3 is 2.59 bits per heavy atom. The van der Waals surface area contributed by atoms with Crippen LogP contribution in [0.2, 0.25) is 0 Å². The summed E-state index contributed by atoms with van der Waals surface area (Å²) in [5, 5.41) is 3.12. The van der Waals surface area contributed by atoms with Crippen molar-refractivity contribution >= 4 is 18.3 Å². The van der Waals surface area contributed by atoms with Gasteiger partial charge in [-0.25, -0.2) is 0 Å². The molecule has 124 valence electrons. The number of rotatable bonds is 5. The molecule has 0 spiro atoms. The first-order chi connectivity index (χ1) is 10.0. The normalized spacial score (nSPS) is 18.1. The largest absolute Gasteiger partial charge is 0.355 e. The van der Waals surface area contributed by atoms with Gasteiger partial charge >= 0.3 is 0 Å². The van der Waals surface area contributed by atoms with Crippen LogP contribution in [-0.2, 0) is 10.2 Å². The van der Waals surface area contributed by atoms with Crippen molar-refractivity contribution in [3.05, 3.63) is 35.4 Å². The zero-order chi connectivity index (χ0) is 15.3. The van der Waals surface area contributed by atoms with Gasteiger partial charge < -0.3 is 11.1 Å². The Bertz CT molecular complexity index is 482. The first-order valence-electron chi connectivity index (χ1n) is 8.16. The average Bonchev–Trinajstić information content (AvgIpc) is 2.47. The summed E-state index contributed by atoms with van der Waals surface area (Å²) in [6.07, 6.45) is 6.25. The standard InChI is InChI=1S/C18H28N2O.ClH/c1-14-7-6-8-16(13-14)18(10-4-3-5-11-18)17(21)20-12-9-15(2)19;/h6-8,13,15H,3-5,9-12,19H2,1-2H3,(H,20,21);1H. The molecule has 0 aliphatic heterocycles. The van der Waals surface area contributed by atoms with Gasteiger partial charge in [0.05, 0.1) is 5.41 Å². The fourth-order valence-electron chi connectivity index (χ4n) is 3.33. The molecule has 0 radical (unpaired) electrons. The number of amides is 1. The fraction of sp³-hybridized carbons (Fsp3) is 0.611. The summed E-state index contributed by atoms with van der Waals surface area (Å²) in [7, 11) is 0. The van der Waals surface area contributed by atoms with Crippen LogP contribution in [0.15, 0.2) is 24.3 Å². The number of nitrogens with one attached hydrogen (secondary N) is 1. The lowest BCUT2D eigenvalue weighted by Crippen LogP contribution is -2.46. The molecule has 1 aliphatic rings. The van der Waals surface area contributed by atoms with Gasteiger partial charge in [-0.1, -0.05) is 49.1 Å². The van der Waals surface area contributed by atoms with Crippen molar-refractivity contribution in [3.63, 3.8) is 0 Å². The van der Waals surface area contributed by atoms with Crippen molar-refractivity contribution in [2.75, 3.05) is 6.54 Å². The van der Waals surface area contributed by atoms with Crippen LogP contribution in [0.4, 0.5) is 0 Å². The van der Waals surface area contributed by atoms with E-state index in [4.69, 9.17) is 5.73 Å². The second kappa shape index (κ2) is 8.54. The van der Waals surface area contributed by atoms with E-state index in [0.717, 1.165) is 32.1 Å². The molecule has 4 heteroatoms. The smallest absolute Gasteiger partial charge is 0.230 e. The molecular weight excluding hydrogens is 296 g/mol. The summed E-state index contributed by atoms with van der Waals surface area (Å²) in [6.45, 7) is 4.74. The number of halogens is 1. The molecule has 22 heavy (non-hydrogen) atoms. The van der Waals surface area contributed by atoms with Crippen molar-refractivity contribution < 1.29 is 4.79 Å². The van der Waals surface area contributed by atoms with E-state index in [-0.39, 0.29) is 29.8 Å². The van der Waals surface area contributed by atoms with Gasteiger partial charge in [0.1, 0.15) is 0 Å². The third-order valence-corrected chi connectivity index (χ3v) is 4.60. The van der Waals surface area contributed by atoms with Crippen LogP contribution >= 0.6 is 12.4 Å². The highest BCUT2D eigenvalue weighted by atomic mass is 35.5. The summed E-state index contributed by atoms with van der Waals surface area (Å²) < 4.78 is 0. The lowest BCUT2D eigenvalue weighted by Gasteiger charge is -2.36. The fourth-order valence-corrected chi connectivity index (χ4v) is 3.33. The average molecular weight is 325 g/mol. The van der Waals surface area contributed by atoms with E-state index in [1.807, 2.05) is 6.92 Å². The maximum Gasteiger partial charge on any atom is 0.230 e. The van der Waals surface area contributed by atoms with Gasteiger partial charge in [0.2, 0.25) is 5.91 Å². The van der Waals surface area contributed by atoms with Gasteiger partial charge in [-0.3, -0.25) is 4.79 Å². The topological polar surface area (TPSA) is 55.1 Å². The monoisotopic (exact) mass is 324 g/mol. The molecule has 0 saturated heterocycles. The highest BCUT2D eigenvalue weighted by Gasteiger charge is 2.40. The maximum absolute atomic E-state index is 12.9. The molecule has 0 aromatic heterocycles. The second-order valence-corrected chi connectivity index (χ2v) is 6.53. The van der Waals surface area contributed by atoms with Gasteiger partial charge in [0.15, 0.2) is 0 Å². The summed E-state index contributed by atoms with van der Waals surface area (Å²) in [5.74, 6) is 0.188. The van der Waals surface area contributed by atoms with Gasteiger partial charge in [-0.05, 0) is 38.7 Å². The van der Waals surface area contributed by atoms with Crippen LogP contribution in [0, 0.1) is 6.92 Å². The number of benzene rings is 1. The second-order valence-electron chi connectivity index (χ2n) is 6.53. The van der Waals surface area contributed by atoms with Gasteiger partial charge in [-0.2, -0.15) is 0 Å². The van der Waals surface area contributed by atoms with E-state index in [1.165, 1.54) is 17.5 Å². The number of hydrogen-bond donors (Lipinski definition) is 2. The Labute approximate surface area is 140 Å². The van der Waals surface area contributed by atoms with Crippen LogP contribution in [0.1, 0.15) is 56.6 Å². The molecule has 2 rings (SSSR count). The minimum Gasteiger partial charge on any atom is -0.355 e. The third-order valence-electron chi connectivity index (χ3n) is 4.60. The molecule has 0 heterocycles. The lowest BCUT2D eigenvalue weighted by atomic mass is 9.68. The summed E-state index contributed by atoms with van der Waals surface area (Å²) >= 11 is 0. The molecule has 1 unspecified atom stereocenters. The quantitative estimate of drug-likeness (QED) is 0.871. The number of nitrogens with two attached hydrogens (primary N) is 1. The van der Waals surface area contributed by atoms with Crippen molar-refractivity contribution in [3.8, 4) is 0 Å². The molecule has 1 amide bonds. The van der Waals surface area contributed by atoms with Crippen molar-refractivity contribution in [2.24, 2.45) is 5.73 Å². The van der Waals surface area contributed by atoms with E-state index in [0.29, 0.717) is 6.54 Å². The Kier molecular flexibility index (Phi) is 7.37. The molecule has 1 atom stereocenters. The number of hydrogen-bond acceptors (Lipinski definition) is 2. The maximum atomic E-state index is 12.9. The van der Waals surface area contributed by atoms with Crippen molar-refractivity contribution in [1.29, 1.82) is 0 Å². The molecule has 1 fully saturated rings. The SMILES string of the molecule is Cc1cccc(C2(C(=O)NCCC(C)N)CCCCC2)c1.Cl. The molecule has 3 nitrogen and oxygen atoms in total. The number of carbonyl (C=O) groups excluding carboxylic acids is 1. The van der Waals surface area contributed by atoms with Crippen LogP contribution in [-0.4, -0.2) is 18.5 Å². The van der Waals surface area contributed by atoms with E-state index >= 15 is 0 Å².